The molecule has 0 bridgehead atoms. The lowest BCUT2D eigenvalue weighted by atomic mass is 10.1. The van der Waals surface area contributed by atoms with Gasteiger partial charge in [-0.3, -0.25) is 5.43 Å². The second-order valence-electron chi connectivity index (χ2n) is 3.30. The van der Waals surface area contributed by atoms with Gasteiger partial charge >= 0.3 is 0 Å². The molecule has 0 spiro atoms. The fraction of sp³-hybridized carbons (Fsp3) is 0.833. The summed E-state index contributed by atoms with van der Waals surface area (Å²) in [5.74, 6) is 0. The summed E-state index contributed by atoms with van der Waals surface area (Å²) in [5, 5.41) is 4.39. The molecule has 0 aromatic heterocycles. The van der Waals surface area contributed by atoms with Gasteiger partial charge in [-0.05, 0) is 32.4 Å². The molecule has 0 fully saturated rings. The lowest BCUT2D eigenvalue weighted by Gasteiger charge is -2.31. The molecule has 4 heteroatoms. The Labute approximate surface area is 66.0 Å². The van der Waals surface area contributed by atoms with Crippen LogP contribution < -0.4 is 5.43 Å². The molecule has 3 nitrogen and oxygen atoms in total. The third kappa shape index (κ3) is 1.34. The first-order valence-electron chi connectivity index (χ1n) is 3.25. The molecule has 0 aromatic carbocycles. The van der Waals surface area contributed by atoms with Crippen molar-refractivity contribution in [2.24, 2.45) is 5.10 Å². The maximum Gasteiger partial charge on any atom is 0.218 e. The van der Waals surface area contributed by atoms with Crippen LogP contribution in [0, 0.1) is 0 Å². The van der Waals surface area contributed by atoms with Crippen LogP contribution in [0.1, 0.15) is 20.8 Å². The van der Waals surface area contributed by atoms with Crippen LogP contribution in [0.25, 0.3) is 0 Å². The van der Waals surface area contributed by atoms with E-state index in [-0.39, 0.29) is 5.54 Å². The van der Waals surface area contributed by atoms with Crippen LogP contribution in [0.2, 0.25) is 0 Å². The van der Waals surface area contributed by atoms with Crippen LogP contribution in [-0.4, -0.2) is 22.4 Å². The number of hydrazone groups is 1. The Bertz CT molecular complexity index is 159. The second-order valence-corrected chi connectivity index (χ2v) is 3.63. The van der Waals surface area contributed by atoms with E-state index in [2.05, 4.69) is 31.3 Å². The molecule has 0 atom stereocenters. The fourth-order valence-electron chi connectivity index (χ4n) is 0.811. The third-order valence-corrected chi connectivity index (χ3v) is 1.72. The minimum absolute atomic E-state index is 0.0596. The molecule has 1 aliphatic heterocycles. The van der Waals surface area contributed by atoms with Gasteiger partial charge in [-0.25, -0.2) is 0 Å². The molecular formula is C6H12ClN3. The maximum absolute atomic E-state index is 5.78. The number of hydrogen-bond acceptors (Lipinski definition) is 3. The average Bonchev–Trinajstić information content (AvgIpc) is 2.11. The molecule has 1 heterocycles. The summed E-state index contributed by atoms with van der Waals surface area (Å²) in [6, 6.07) is 0. The first-order valence-corrected chi connectivity index (χ1v) is 3.63. The number of rotatable bonds is 0. The van der Waals surface area contributed by atoms with Crippen LogP contribution in [0.15, 0.2) is 5.10 Å². The first-order chi connectivity index (χ1) is 4.52. The Morgan fingerprint density at radius 3 is 2.40 bits per heavy atom. The van der Waals surface area contributed by atoms with Crippen molar-refractivity contribution >= 4 is 16.9 Å². The Morgan fingerprint density at radius 1 is 1.60 bits per heavy atom. The van der Waals surface area contributed by atoms with E-state index < -0.39 is 0 Å². The van der Waals surface area contributed by atoms with Gasteiger partial charge < -0.3 is 4.90 Å². The van der Waals surface area contributed by atoms with Crippen LogP contribution >= 0.6 is 11.6 Å². The molecule has 0 amide bonds. The first kappa shape index (κ1) is 7.66. The van der Waals surface area contributed by atoms with Crippen molar-refractivity contribution in [3.05, 3.63) is 0 Å². The van der Waals surface area contributed by atoms with E-state index in [0.29, 0.717) is 12.0 Å². The van der Waals surface area contributed by atoms with Crippen molar-refractivity contribution in [1.29, 1.82) is 0 Å². The highest BCUT2D eigenvalue weighted by Gasteiger charge is 2.26. The fourth-order valence-corrected chi connectivity index (χ4v) is 1.18. The molecule has 0 saturated carbocycles. The van der Waals surface area contributed by atoms with E-state index in [0.717, 1.165) is 0 Å². The summed E-state index contributed by atoms with van der Waals surface area (Å²) in [5.41, 5.74) is 2.87. The number of nitrogens with one attached hydrogen (secondary N) is 1. The summed E-state index contributed by atoms with van der Waals surface area (Å²) >= 11 is 5.78. The summed E-state index contributed by atoms with van der Waals surface area (Å²) < 4.78 is 0. The van der Waals surface area contributed by atoms with Gasteiger partial charge in [-0.2, -0.15) is 0 Å². The zero-order valence-corrected chi connectivity index (χ0v) is 7.24. The number of amidine groups is 1. The summed E-state index contributed by atoms with van der Waals surface area (Å²) in [6.45, 7) is 7.00. The van der Waals surface area contributed by atoms with Gasteiger partial charge in [0.05, 0.1) is 0 Å². The van der Waals surface area contributed by atoms with Crippen molar-refractivity contribution in [3.8, 4) is 0 Å². The molecular weight excluding hydrogens is 150 g/mol. The Morgan fingerprint density at radius 2 is 2.20 bits per heavy atom. The molecule has 58 valence electrons. The number of nitrogens with zero attached hydrogens (tertiary/aromatic N) is 2. The van der Waals surface area contributed by atoms with Crippen molar-refractivity contribution in [2.75, 3.05) is 6.67 Å². The van der Waals surface area contributed by atoms with Crippen molar-refractivity contribution < 1.29 is 0 Å². The molecule has 1 aliphatic rings. The Balaban J connectivity index is 2.67. The Kier molecular flexibility index (Phi) is 1.77. The minimum atomic E-state index is 0.0596. The highest BCUT2D eigenvalue weighted by atomic mass is 35.5. The summed E-state index contributed by atoms with van der Waals surface area (Å²) in [4.78, 5) is 1.99. The predicted octanol–water partition coefficient (Wildman–Crippen LogP) is 1.16. The van der Waals surface area contributed by atoms with Gasteiger partial charge in [0.2, 0.25) is 5.29 Å². The zero-order chi connectivity index (χ0) is 7.78. The van der Waals surface area contributed by atoms with Gasteiger partial charge in [-0.1, -0.05) is 0 Å². The molecule has 0 radical (unpaired) electrons. The third-order valence-electron chi connectivity index (χ3n) is 1.43. The molecule has 0 aliphatic carbocycles. The second kappa shape index (κ2) is 2.31. The molecule has 0 saturated heterocycles. The quantitative estimate of drug-likeness (QED) is 0.540. The van der Waals surface area contributed by atoms with E-state index in [9.17, 15) is 0 Å². The highest BCUT2D eigenvalue weighted by molar-refractivity contribution is 6.64. The van der Waals surface area contributed by atoms with Gasteiger partial charge in [-0.15, -0.1) is 5.10 Å². The van der Waals surface area contributed by atoms with Gasteiger partial charge in [0.25, 0.3) is 0 Å². The number of hydrogen-bond donors (Lipinski definition) is 1. The minimum Gasteiger partial charge on any atom is -0.322 e. The highest BCUT2D eigenvalue weighted by Crippen LogP contribution is 2.16. The van der Waals surface area contributed by atoms with Crippen molar-refractivity contribution in [3.63, 3.8) is 0 Å². The SMILES string of the molecule is CC(C)(C)N1CNN=C1Cl. The van der Waals surface area contributed by atoms with Crippen molar-refractivity contribution in [1.82, 2.24) is 10.3 Å². The predicted molar refractivity (Wildman–Crippen MR) is 42.9 cm³/mol. The van der Waals surface area contributed by atoms with Crippen LogP contribution in [0.4, 0.5) is 0 Å². The normalized spacial score (nSPS) is 18.8. The molecule has 0 aromatic rings. The number of halogens is 1. The van der Waals surface area contributed by atoms with E-state index in [1.54, 1.807) is 0 Å². The Hall–Kier alpha value is -0.440. The van der Waals surface area contributed by atoms with Gasteiger partial charge in [0, 0.05) is 5.54 Å². The monoisotopic (exact) mass is 161 g/mol. The average molecular weight is 162 g/mol. The van der Waals surface area contributed by atoms with Crippen molar-refractivity contribution in [2.45, 2.75) is 26.3 Å². The lowest BCUT2D eigenvalue weighted by Crippen LogP contribution is -2.42. The summed E-state index contributed by atoms with van der Waals surface area (Å²) in [7, 11) is 0. The zero-order valence-electron chi connectivity index (χ0n) is 6.48. The molecule has 1 rings (SSSR count). The van der Waals surface area contributed by atoms with Crippen LogP contribution in [0.5, 0.6) is 0 Å². The summed E-state index contributed by atoms with van der Waals surface area (Å²) in [6.07, 6.45) is 0. The van der Waals surface area contributed by atoms with Gasteiger partial charge in [0.15, 0.2) is 0 Å². The molecule has 10 heavy (non-hydrogen) atoms. The van der Waals surface area contributed by atoms with Crippen LogP contribution in [-0.2, 0) is 0 Å². The largest absolute Gasteiger partial charge is 0.322 e. The van der Waals surface area contributed by atoms with E-state index in [4.69, 9.17) is 11.6 Å². The van der Waals surface area contributed by atoms with Crippen LogP contribution in [0.3, 0.4) is 0 Å². The smallest absolute Gasteiger partial charge is 0.218 e. The standard InChI is InChI=1S/C6H12ClN3/c1-6(2,3)10-4-8-9-5(10)7/h8H,4H2,1-3H3. The van der Waals surface area contributed by atoms with Gasteiger partial charge in [0.1, 0.15) is 6.67 Å². The van der Waals surface area contributed by atoms with E-state index in [1.165, 1.54) is 0 Å². The lowest BCUT2D eigenvalue weighted by molar-refractivity contribution is 0.247. The topological polar surface area (TPSA) is 27.6 Å². The molecule has 1 N–H and O–H groups in total. The maximum atomic E-state index is 5.78. The molecule has 0 unspecified atom stereocenters. The van der Waals surface area contributed by atoms with E-state index in [1.807, 2.05) is 4.90 Å². The van der Waals surface area contributed by atoms with E-state index >= 15 is 0 Å².